The average molecular weight is 421 g/mol. The molecule has 1 aliphatic heterocycles. The smallest absolute Gasteiger partial charge is 0.252 e. The molecule has 0 aliphatic carbocycles. The Balaban J connectivity index is 1.64. The Morgan fingerprint density at radius 1 is 1.18 bits per heavy atom. The van der Waals surface area contributed by atoms with E-state index in [1.165, 1.54) is 11.9 Å². The first-order chi connectivity index (χ1) is 13.4. The molecule has 0 spiro atoms. The van der Waals surface area contributed by atoms with Crippen molar-refractivity contribution in [3.05, 3.63) is 59.1 Å². The summed E-state index contributed by atoms with van der Waals surface area (Å²) in [4.78, 5) is 28.0. The molecular weight excluding hydrogens is 400 g/mol. The maximum absolute atomic E-state index is 12.7. The summed E-state index contributed by atoms with van der Waals surface area (Å²) in [6.45, 7) is 3.87. The Kier molecular flexibility index (Phi) is 6.79. The molecule has 1 aliphatic rings. The number of hydrogen-bond donors (Lipinski definition) is 4. The molecule has 1 saturated heterocycles. The van der Waals surface area contributed by atoms with Gasteiger partial charge in [0.25, 0.3) is 5.91 Å². The molecule has 9 heteroatoms. The number of rotatable bonds is 6. The first kappa shape index (κ1) is 20.5. The first-order valence-corrected chi connectivity index (χ1v) is 9.98. The second-order valence-corrected chi connectivity index (χ2v) is 7.81. The van der Waals surface area contributed by atoms with Gasteiger partial charge in [-0.3, -0.25) is 9.59 Å². The second-order valence-electron chi connectivity index (χ2n) is 6.43. The van der Waals surface area contributed by atoms with Gasteiger partial charge in [-0.25, -0.2) is 5.43 Å². The zero-order valence-electron chi connectivity index (χ0n) is 15.4. The number of halogens is 1. The van der Waals surface area contributed by atoms with Crippen LogP contribution in [-0.2, 0) is 4.79 Å². The molecule has 0 bridgehead atoms. The highest BCUT2D eigenvalue weighted by Crippen LogP contribution is 2.21. The quantitative estimate of drug-likeness (QED) is 0.537. The lowest BCUT2D eigenvalue weighted by atomic mass is 10.2. The van der Waals surface area contributed by atoms with Gasteiger partial charge in [-0.05, 0) is 56.1 Å². The minimum atomic E-state index is -0.664. The van der Waals surface area contributed by atoms with Crippen molar-refractivity contribution in [2.45, 2.75) is 31.4 Å². The summed E-state index contributed by atoms with van der Waals surface area (Å²) in [5.74, 6) is 0.0803. The highest BCUT2D eigenvalue weighted by atomic mass is 35.5. The summed E-state index contributed by atoms with van der Waals surface area (Å²) in [5, 5.41) is 5.65. The van der Waals surface area contributed by atoms with Gasteiger partial charge < -0.3 is 15.4 Å². The van der Waals surface area contributed by atoms with E-state index in [1.807, 2.05) is 19.9 Å². The molecule has 2 unspecified atom stereocenters. The van der Waals surface area contributed by atoms with Crippen LogP contribution in [0.2, 0.25) is 5.02 Å². The fraction of sp³-hybridized carbons (Fsp3) is 0.263. The monoisotopic (exact) mass is 420 g/mol. The normalized spacial score (nSPS) is 18.7. The minimum absolute atomic E-state index is 0.0362. The number of carbonyl (C=O) groups is 2. The van der Waals surface area contributed by atoms with Crippen LogP contribution in [0.4, 0.5) is 5.69 Å². The van der Waals surface area contributed by atoms with Crippen LogP contribution in [0.1, 0.15) is 24.2 Å². The predicted molar refractivity (Wildman–Crippen MR) is 111 cm³/mol. The molecule has 0 radical (unpaired) electrons. The summed E-state index contributed by atoms with van der Waals surface area (Å²) in [6, 6.07) is 13.1. The number of nitrogens with one attached hydrogen (secondary N) is 4. The number of hydrazine groups is 1. The van der Waals surface area contributed by atoms with E-state index in [0.717, 1.165) is 0 Å². The van der Waals surface area contributed by atoms with Crippen LogP contribution in [-0.4, -0.2) is 29.3 Å². The largest absolute Gasteiger partial charge is 0.491 e. The van der Waals surface area contributed by atoms with Gasteiger partial charge in [0, 0.05) is 22.3 Å². The fourth-order valence-corrected chi connectivity index (χ4v) is 3.61. The Labute approximate surface area is 172 Å². The molecule has 1 heterocycles. The van der Waals surface area contributed by atoms with E-state index >= 15 is 0 Å². The number of anilines is 1. The Hall–Kier alpha value is -2.26. The molecule has 4 N–H and O–H groups in total. The van der Waals surface area contributed by atoms with E-state index in [9.17, 15) is 9.59 Å². The van der Waals surface area contributed by atoms with Crippen molar-refractivity contribution in [3.8, 4) is 5.75 Å². The molecular formula is C19H21ClN4O3S. The van der Waals surface area contributed by atoms with Crippen molar-refractivity contribution in [1.29, 1.82) is 0 Å². The maximum Gasteiger partial charge on any atom is 0.252 e. The summed E-state index contributed by atoms with van der Waals surface area (Å²) in [7, 11) is 0. The van der Waals surface area contributed by atoms with Gasteiger partial charge in [-0.2, -0.15) is 4.83 Å². The Morgan fingerprint density at radius 3 is 2.71 bits per heavy atom. The highest BCUT2D eigenvalue weighted by molar-refractivity contribution is 7.98. The molecule has 0 aromatic heterocycles. The summed E-state index contributed by atoms with van der Waals surface area (Å²) in [6.07, 6.45) is 0.0362. The molecule has 28 heavy (non-hydrogen) atoms. The first-order valence-electron chi connectivity index (χ1n) is 8.72. The molecule has 7 nitrogen and oxygen atoms in total. The number of carbonyl (C=O) groups excluding carboxylic acids is 2. The van der Waals surface area contributed by atoms with Crippen LogP contribution in [0.5, 0.6) is 5.75 Å². The molecule has 2 atom stereocenters. The van der Waals surface area contributed by atoms with Gasteiger partial charge in [-0.15, -0.1) is 0 Å². The summed E-state index contributed by atoms with van der Waals surface area (Å²) >= 11 is 7.15. The van der Waals surface area contributed by atoms with Crippen LogP contribution in [0.15, 0.2) is 48.5 Å². The average Bonchev–Trinajstić information content (AvgIpc) is 3.09. The second kappa shape index (κ2) is 9.29. The topological polar surface area (TPSA) is 91.5 Å². The molecule has 2 amide bonds. The van der Waals surface area contributed by atoms with Crippen molar-refractivity contribution >= 4 is 41.1 Å². The van der Waals surface area contributed by atoms with E-state index in [-0.39, 0.29) is 17.9 Å². The third-order valence-corrected chi connectivity index (χ3v) is 4.93. The molecule has 0 saturated carbocycles. The lowest BCUT2D eigenvalue weighted by Gasteiger charge is -2.19. The highest BCUT2D eigenvalue weighted by Gasteiger charge is 2.35. The van der Waals surface area contributed by atoms with Crippen LogP contribution >= 0.6 is 23.5 Å². The van der Waals surface area contributed by atoms with Crippen LogP contribution in [0, 0.1) is 0 Å². The fourth-order valence-electron chi connectivity index (χ4n) is 2.60. The summed E-state index contributed by atoms with van der Waals surface area (Å²) < 4.78 is 5.64. The predicted octanol–water partition coefficient (Wildman–Crippen LogP) is 2.95. The zero-order chi connectivity index (χ0) is 20.1. The summed E-state index contributed by atoms with van der Waals surface area (Å²) in [5.41, 5.74) is 3.91. The molecule has 148 valence electrons. The van der Waals surface area contributed by atoms with Crippen molar-refractivity contribution in [2.75, 3.05) is 5.32 Å². The SMILES string of the molecule is CC(C)Oc1cccc(NC(=O)C2NNSC2NC(=O)c2cccc(Cl)c2)c1. The number of benzene rings is 2. The van der Waals surface area contributed by atoms with Crippen LogP contribution < -0.4 is 25.6 Å². The third kappa shape index (κ3) is 5.39. The Bertz CT molecular complexity index is 865. The van der Waals surface area contributed by atoms with Crippen molar-refractivity contribution in [2.24, 2.45) is 0 Å². The number of amides is 2. The van der Waals surface area contributed by atoms with Gasteiger partial charge in [0.15, 0.2) is 0 Å². The lowest BCUT2D eigenvalue weighted by Crippen LogP contribution is -2.50. The van der Waals surface area contributed by atoms with E-state index in [1.54, 1.807) is 42.5 Å². The van der Waals surface area contributed by atoms with Crippen LogP contribution in [0.25, 0.3) is 0 Å². The Morgan fingerprint density at radius 2 is 1.96 bits per heavy atom. The zero-order valence-corrected chi connectivity index (χ0v) is 16.9. The minimum Gasteiger partial charge on any atom is -0.491 e. The van der Waals surface area contributed by atoms with Crippen molar-refractivity contribution in [1.82, 2.24) is 15.6 Å². The molecule has 3 rings (SSSR count). The van der Waals surface area contributed by atoms with Crippen molar-refractivity contribution < 1.29 is 14.3 Å². The van der Waals surface area contributed by atoms with Gasteiger partial charge in [0.05, 0.1) is 6.10 Å². The van der Waals surface area contributed by atoms with Gasteiger partial charge in [0.2, 0.25) is 5.91 Å². The van der Waals surface area contributed by atoms with E-state index in [0.29, 0.717) is 22.0 Å². The third-order valence-electron chi connectivity index (χ3n) is 3.82. The van der Waals surface area contributed by atoms with E-state index in [4.69, 9.17) is 16.3 Å². The number of hydrogen-bond acceptors (Lipinski definition) is 6. The van der Waals surface area contributed by atoms with Crippen molar-refractivity contribution in [3.63, 3.8) is 0 Å². The van der Waals surface area contributed by atoms with E-state index in [2.05, 4.69) is 20.9 Å². The van der Waals surface area contributed by atoms with Crippen LogP contribution in [0.3, 0.4) is 0 Å². The molecule has 2 aromatic carbocycles. The number of ether oxygens (including phenoxy) is 1. The van der Waals surface area contributed by atoms with Gasteiger partial charge in [-0.1, -0.05) is 23.7 Å². The standard InChI is InChI=1S/C19H21ClN4O3S/c1-11(2)27-15-8-4-7-14(10-15)21-18(26)16-19(28-24-23-16)22-17(25)12-5-3-6-13(20)9-12/h3-11,16,19,23-24H,1-2H3,(H,21,26)(H,22,25). The molecule has 1 fully saturated rings. The lowest BCUT2D eigenvalue weighted by molar-refractivity contribution is -0.118. The molecule has 2 aromatic rings. The van der Waals surface area contributed by atoms with E-state index < -0.39 is 11.4 Å². The van der Waals surface area contributed by atoms with Gasteiger partial charge >= 0.3 is 0 Å². The maximum atomic E-state index is 12.7. The van der Waals surface area contributed by atoms with Gasteiger partial charge in [0.1, 0.15) is 17.2 Å².